The number of benzene rings is 1. The van der Waals surface area contributed by atoms with Crippen LogP contribution in [0.4, 0.5) is 5.69 Å². The number of hydrogen-bond acceptors (Lipinski definition) is 1. The molecule has 124 valence electrons. The summed E-state index contributed by atoms with van der Waals surface area (Å²) in [5.74, 6) is 2.68. The maximum atomic E-state index is 2.57. The van der Waals surface area contributed by atoms with Gasteiger partial charge in [-0.3, -0.25) is 0 Å². The van der Waals surface area contributed by atoms with Gasteiger partial charge in [-0.2, -0.15) is 0 Å². The van der Waals surface area contributed by atoms with Gasteiger partial charge in [0.2, 0.25) is 0 Å². The van der Waals surface area contributed by atoms with E-state index in [4.69, 9.17) is 0 Å². The molecule has 0 saturated carbocycles. The predicted octanol–water partition coefficient (Wildman–Crippen LogP) is 6.03. The van der Waals surface area contributed by atoms with Crippen LogP contribution in [0.1, 0.15) is 82.1 Å². The Kier molecular flexibility index (Phi) is 4.94. The number of nitrogens with zero attached hydrogens (tertiary/aromatic N) is 1. The Labute approximate surface area is 138 Å². The second-order valence-corrected chi connectivity index (χ2v) is 8.24. The van der Waals surface area contributed by atoms with E-state index in [9.17, 15) is 0 Å². The van der Waals surface area contributed by atoms with Crippen molar-refractivity contribution in [2.45, 2.75) is 79.7 Å². The molecule has 0 aliphatic carbocycles. The van der Waals surface area contributed by atoms with Gasteiger partial charge in [0.25, 0.3) is 0 Å². The fourth-order valence-corrected chi connectivity index (χ4v) is 4.17. The molecule has 1 aliphatic heterocycles. The Morgan fingerprint density at radius 3 is 2.18 bits per heavy atom. The van der Waals surface area contributed by atoms with Gasteiger partial charge in [-0.05, 0) is 73.1 Å². The lowest BCUT2D eigenvalue weighted by atomic mass is 9.76. The zero-order valence-electron chi connectivity index (χ0n) is 16.1. The zero-order valence-corrected chi connectivity index (χ0v) is 16.1. The van der Waals surface area contributed by atoms with Crippen LogP contribution >= 0.6 is 0 Å². The predicted molar refractivity (Wildman–Crippen MR) is 99.2 cm³/mol. The molecule has 0 saturated heterocycles. The summed E-state index contributed by atoms with van der Waals surface area (Å²) in [4.78, 5) is 2.57. The van der Waals surface area contributed by atoms with Gasteiger partial charge in [-0.15, -0.1) is 0 Å². The average Bonchev–Trinajstić information content (AvgIpc) is 2.53. The van der Waals surface area contributed by atoms with E-state index >= 15 is 0 Å². The highest BCUT2D eigenvalue weighted by Crippen LogP contribution is 2.47. The average molecular weight is 302 g/mol. The third kappa shape index (κ3) is 2.79. The van der Waals surface area contributed by atoms with Crippen LogP contribution in [0.5, 0.6) is 0 Å². The fourth-order valence-electron chi connectivity index (χ4n) is 4.17. The fraction of sp³-hybridized carbons (Fsp3) is 0.714. The van der Waals surface area contributed by atoms with Crippen molar-refractivity contribution in [3.8, 4) is 0 Å². The minimum Gasteiger partial charge on any atom is -0.371 e. The van der Waals surface area contributed by atoms with Crippen molar-refractivity contribution in [3.63, 3.8) is 0 Å². The molecule has 2 rings (SSSR count). The highest BCUT2D eigenvalue weighted by atomic mass is 15.1. The second-order valence-electron chi connectivity index (χ2n) is 8.24. The van der Waals surface area contributed by atoms with Gasteiger partial charge in [-0.25, -0.2) is 0 Å². The lowest BCUT2D eigenvalue weighted by molar-refractivity contribution is 0.365. The molecule has 1 aromatic rings. The van der Waals surface area contributed by atoms with Gasteiger partial charge < -0.3 is 4.90 Å². The molecule has 1 heteroatoms. The Morgan fingerprint density at radius 2 is 1.68 bits per heavy atom. The lowest BCUT2D eigenvalue weighted by Gasteiger charge is -2.33. The molecule has 0 radical (unpaired) electrons. The van der Waals surface area contributed by atoms with Crippen LogP contribution in [0.25, 0.3) is 0 Å². The first-order valence-corrected chi connectivity index (χ1v) is 9.03. The normalized spacial score (nSPS) is 25.6. The van der Waals surface area contributed by atoms with E-state index in [-0.39, 0.29) is 0 Å². The zero-order chi connectivity index (χ0) is 16.8. The highest BCUT2D eigenvalue weighted by molar-refractivity contribution is 5.67. The van der Waals surface area contributed by atoms with Crippen LogP contribution in [0, 0.1) is 25.7 Å². The SMILES string of the molecule is Cc1cc(C(C)C)c2c(c1C)N(C)[C@H](C)[C@H](C)CC2C(C)C. The van der Waals surface area contributed by atoms with Crippen molar-refractivity contribution in [2.75, 3.05) is 11.9 Å². The van der Waals surface area contributed by atoms with Gasteiger partial charge in [0, 0.05) is 18.8 Å². The van der Waals surface area contributed by atoms with Gasteiger partial charge >= 0.3 is 0 Å². The van der Waals surface area contributed by atoms with E-state index in [1.54, 1.807) is 11.1 Å². The van der Waals surface area contributed by atoms with E-state index in [1.165, 1.54) is 23.2 Å². The van der Waals surface area contributed by atoms with E-state index in [0.717, 1.165) is 5.92 Å². The number of aryl methyl sites for hydroxylation is 1. The van der Waals surface area contributed by atoms with E-state index < -0.39 is 0 Å². The first-order chi connectivity index (χ1) is 10.2. The van der Waals surface area contributed by atoms with Gasteiger partial charge in [0.15, 0.2) is 0 Å². The molecule has 0 N–H and O–H groups in total. The second kappa shape index (κ2) is 6.26. The molecular formula is C21H35N. The van der Waals surface area contributed by atoms with Gasteiger partial charge in [0.05, 0.1) is 0 Å². The molecule has 0 bridgehead atoms. The summed E-state index contributed by atoms with van der Waals surface area (Å²) in [7, 11) is 2.30. The maximum absolute atomic E-state index is 2.57. The molecule has 1 heterocycles. The molecule has 0 amide bonds. The summed E-state index contributed by atoms with van der Waals surface area (Å²) < 4.78 is 0. The molecule has 0 fully saturated rings. The van der Waals surface area contributed by atoms with Crippen molar-refractivity contribution < 1.29 is 0 Å². The Bertz CT molecular complexity index is 541. The van der Waals surface area contributed by atoms with Crippen molar-refractivity contribution in [1.29, 1.82) is 0 Å². The van der Waals surface area contributed by atoms with Crippen molar-refractivity contribution in [2.24, 2.45) is 11.8 Å². The molecule has 3 atom stereocenters. The van der Waals surface area contributed by atoms with Crippen LogP contribution in [0.3, 0.4) is 0 Å². The Morgan fingerprint density at radius 1 is 1.09 bits per heavy atom. The van der Waals surface area contributed by atoms with Crippen molar-refractivity contribution >= 4 is 5.69 Å². The highest BCUT2D eigenvalue weighted by Gasteiger charge is 2.34. The monoisotopic (exact) mass is 301 g/mol. The largest absolute Gasteiger partial charge is 0.371 e. The quantitative estimate of drug-likeness (QED) is 0.644. The van der Waals surface area contributed by atoms with E-state index in [2.05, 4.69) is 73.4 Å². The number of rotatable bonds is 2. The summed E-state index contributed by atoms with van der Waals surface area (Å²) in [6.45, 7) is 18.9. The van der Waals surface area contributed by atoms with Crippen molar-refractivity contribution in [1.82, 2.24) is 0 Å². The third-order valence-electron chi connectivity index (χ3n) is 6.10. The molecule has 1 aromatic carbocycles. The lowest BCUT2D eigenvalue weighted by Crippen LogP contribution is -2.34. The first kappa shape index (κ1) is 17.4. The van der Waals surface area contributed by atoms with Gasteiger partial charge in [0.1, 0.15) is 0 Å². The van der Waals surface area contributed by atoms with E-state index in [1.807, 2.05) is 0 Å². The smallest absolute Gasteiger partial charge is 0.0436 e. The number of hydrogen-bond donors (Lipinski definition) is 0. The Hall–Kier alpha value is -0.980. The van der Waals surface area contributed by atoms with Crippen LogP contribution in [-0.4, -0.2) is 13.1 Å². The molecule has 22 heavy (non-hydrogen) atoms. The molecule has 0 spiro atoms. The number of fused-ring (bicyclic) bond motifs is 1. The number of anilines is 1. The molecule has 1 aliphatic rings. The third-order valence-corrected chi connectivity index (χ3v) is 6.10. The molecular weight excluding hydrogens is 266 g/mol. The van der Waals surface area contributed by atoms with Crippen molar-refractivity contribution in [3.05, 3.63) is 28.3 Å². The minimum atomic E-state index is 0.589. The summed E-state index contributed by atoms with van der Waals surface area (Å²) in [5, 5.41) is 0. The van der Waals surface area contributed by atoms with Crippen LogP contribution in [0.15, 0.2) is 6.07 Å². The minimum absolute atomic E-state index is 0.589. The van der Waals surface area contributed by atoms with Crippen LogP contribution in [0.2, 0.25) is 0 Å². The van der Waals surface area contributed by atoms with Crippen LogP contribution < -0.4 is 4.90 Å². The molecule has 1 nitrogen and oxygen atoms in total. The maximum Gasteiger partial charge on any atom is 0.0436 e. The summed E-state index contributed by atoms with van der Waals surface area (Å²) in [6, 6.07) is 3.06. The standard InChI is InChI=1S/C21H35N/c1-12(2)18-10-14(5)16(7)21-20(18)19(13(3)4)11-15(6)17(8)22(21)9/h10,12-13,15,17,19H,11H2,1-9H3/t15-,17-,19?/m1/s1. The molecule has 1 unspecified atom stereocenters. The van der Waals surface area contributed by atoms with Gasteiger partial charge in [-0.1, -0.05) is 40.7 Å². The topological polar surface area (TPSA) is 3.24 Å². The first-order valence-electron chi connectivity index (χ1n) is 9.03. The summed E-state index contributed by atoms with van der Waals surface area (Å²) in [6.07, 6.45) is 1.30. The van der Waals surface area contributed by atoms with Crippen LogP contribution in [-0.2, 0) is 0 Å². The molecule has 0 aromatic heterocycles. The summed E-state index contributed by atoms with van der Waals surface area (Å²) in [5.41, 5.74) is 7.67. The van der Waals surface area contributed by atoms with E-state index in [0.29, 0.717) is 23.8 Å². The Balaban J connectivity index is 2.81. The summed E-state index contributed by atoms with van der Waals surface area (Å²) >= 11 is 0.